The molecule has 1 aromatic heterocycles. The lowest BCUT2D eigenvalue weighted by atomic mass is 10.1. The normalized spacial score (nSPS) is 18.9. The number of benzene rings is 1. The summed E-state index contributed by atoms with van der Waals surface area (Å²) in [5.74, 6) is 1.03. The quantitative estimate of drug-likeness (QED) is 0.467. The van der Waals surface area contributed by atoms with E-state index in [4.69, 9.17) is 44.5 Å². The Morgan fingerprint density at radius 1 is 1.02 bits per heavy atom. The maximum absolute atomic E-state index is 13.3. The zero-order valence-electron chi connectivity index (χ0n) is 23.5. The Kier molecular flexibility index (Phi) is 9.42. The summed E-state index contributed by atoms with van der Waals surface area (Å²) in [5.41, 5.74) is 0.321. The number of piperazine rings is 2. The number of amides is 3. The maximum atomic E-state index is 13.3. The van der Waals surface area contributed by atoms with E-state index in [1.165, 1.54) is 0 Å². The monoisotopic (exact) mass is 611 g/mol. The average molecular weight is 613 g/mol. The van der Waals surface area contributed by atoms with Gasteiger partial charge >= 0.3 is 12.1 Å². The standard InChI is InChI=1S/C27H36Cl3N7O3/c1-17-16-36(12-13-37(17)25(38)34-8-10-35(11-9-34)26(39)40-27(3,4)5)24-31-15-22(30)23(33-24)32-18(2)20-7-6-19(28)14-21(20)29/h6-7,14-15,17-18H,8-13,16H2,1-5H3,(H,31,32,33)/t17?,18-/m1/s1. The number of rotatable bonds is 4. The minimum atomic E-state index is -0.549. The summed E-state index contributed by atoms with van der Waals surface area (Å²) >= 11 is 18.8. The smallest absolute Gasteiger partial charge is 0.410 e. The number of nitrogens with one attached hydrogen (secondary N) is 1. The summed E-state index contributed by atoms with van der Waals surface area (Å²) in [6, 6.07) is 5.10. The van der Waals surface area contributed by atoms with Gasteiger partial charge < -0.3 is 29.7 Å². The summed E-state index contributed by atoms with van der Waals surface area (Å²) in [4.78, 5) is 42.2. The largest absolute Gasteiger partial charge is 0.444 e. The van der Waals surface area contributed by atoms with Crippen molar-refractivity contribution in [3.8, 4) is 0 Å². The first kappa shape index (κ1) is 30.3. The molecule has 1 unspecified atom stereocenters. The number of hydrogen-bond donors (Lipinski definition) is 1. The van der Waals surface area contributed by atoms with Crippen LogP contribution in [0.15, 0.2) is 24.4 Å². The van der Waals surface area contributed by atoms with Gasteiger partial charge in [0.1, 0.15) is 10.6 Å². The van der Waals surface area contributed by atoms with Crippen LogP contribution in [0.1, 0.15) is 46.2 Å². The van der Waals surface area contributed by atoms with Crippen molar-refractivity contribution in [2.24, 2.45) is 0 Å². The molecule has 2 aromatic rings. The third kappa shape index (κ3) is 7.33. The lowest BCUT2D eigenvalue weighted by molar-refractivity contribution is 0.0151. The number of carbonyl (C=O) groups excluding carboxylic acids is 2. The van der Waals surface area contributed by atoms with Crippen molar-refractivity contribution in [1.82, 2.24) is 24.7 Å². The van der Waals surface area contributed by atoms with Crippen LogP contribution in [-0.2, 0) is 4.74 Å². The van der Waals surface area contributed by atoms with Gasteiger partial charge in [-0.2, -0.15) is 4.98 Å². The van der Waals surface area contributed by atoms with Gasteiger partial charge in [-0.25, -0.2) is 14.6 Å². The van der Waals surface area contributed by atoms with E-state index in [0.717, 1.165) is 5.56 Å². The molecule has 2 fully saturated rings. The van der Waals surface area contributed by atoms with Crippen molar-refractivity contribution in [2.75, 3.05) is 56.0 Å². The molecule has 3 heterocycles. The van der Waals surface area contributed by atoms with Gasteiger partial charge in [0, 0.05) is 61.9 Å². The number of urea groups is 1. The van der Waals surface area contributed by atoms with E-state index in [0.29, 0.717) is 72.6 Å². The second kappa shape index (κ2) is 12.4. The Bertz CT molecular complexity index is 1230. The van der Waals surface area contributed by atoms with Crippen molar-refractivity contribution in [1.29, 1.82) is 0 Å². The van der Waals surface area contributed by atoms with Crippen LogP contribution >= 0.6 is 34.8 Å². The first-order valence-corrected chi connectivity index (χ1v) is 14.5. The molecule has 10 nitrogen and oxygen atoms in total. The fraction of sp³-hybridized carbons (Fsp3) is 0.556. The molecular weight excluding hydrogens is 577 g/mol. The lowest BCUT2D eigenvalue weighted by Gasteiger charge is -2.43. The van der Waals surface area contributed by atoms with Crippen LogP contribution in [-0.4, -0.2) is 94.2 Å². The molecular formula is C27H36Cl3N7O3. The molecule has 2 aliphatic rings. The predicted molar refractivity (Wildman–Crippen MR) is 159 cm³/mol. The SMILES string of the molecule is CC1CN(c2ncc(Cl)c(N[C@H](C)c3ccc(Cl)cc3Cl)n2)CCN1C(=O)N1CCN(C(=O)OC(C)(C)C)CC1. The molecule has 0 radical (unpaired) electrons. The Morgan fingerprint density at radius 3 is 2.33 bits per heavy atom. The van der Waals surface area contributed by atoms with Crippen molar-refractivity contribution in [3.05, 3.63) is 45.0 Å². The highest BCUT2D eigenvalue weighted by molar-refractivity contribution is 6.35. The molecule has 2 saturated heterocycles. The Labute approximate surface area is 250 Å². The highest BCUT2D eigenvalue weighted by atomic mass is 35.5. The van der Waals surface area contributed by atoms with Crippen molar-refractivity contribution < 1.29 is 14.3 Å². The third-order valence-corrected chi connectivity index (χ3v) is 7.71. The highest BCUT2D eigenvalue weighted by Crippen LogP contribution is 2.31. The fourth-order valence-corrected chi connectivity index (χ4v) is 5.48. The minimum absolute atomic E-state index is 0.0240. The Morgan fingerprint density at radius 2 is 1.70 bits per heavy atom. The number of hydrogen-bond acceptors (Lipinski definition) is 7. The van der Waals surface area contributed by atoms with E-state index in [1.54, 1.807) is 28.1 Å². The van der Waals surface area contributed by atoms with E-state index in [1.807, 2.05) is 45.6 Å². The number of carbonyl (C=O) groups is 2. The van der Waals surface area contributed by atoms with E-state index < -0.39 is 5.60 Å². The summed E-state index contributed by atoms with van der Waals surface area (Å²) < 4.78 is 5.46. The van der Waals surface area contributed by atoms with E-state index >= 15 is 0 Å². The minimum Gasteiger partial charge on any atom is -0.444 e. The fourth-order valence-electron chi connectivity index (χ4n) is 4.76. The lowest BCUT2D eigenvalue weighted by Crippen LogP contribution is -2.60. The van der Waals surface area contributed by atoms with Crippen molar-refractivity contribution >= 4 is 58.7 Å². The maximum Gasteiger partial charge on any atom is 0.410 e. The molecule has 218 valence electrons. The van der Waals surface area contributed by atoms with Crippen LogP contribution < -0.4 is 10.2 Å². The summed E-state index contributed by atoms with van der Waals surface area (Å²) in [6.45, 7) is 13.0. The molecule has 0 spiro atoms. The second-order valence-corrected chi connectivity index (χ2v) is 12.4. The van der Waals surface area contributed by atoms with Crippen LogP contribution in [0.25, 0.3) is 0 Å². The van der Waals surface area contributed by atoms with Gasteiger partial charge in [-0.1, -0.05) is 40.9 Å². The second-order valence-electron chi connectivity index (χ2n) is 11.1. The van der Waals surface area contributed by atoms with Gasteiger partial charge in [-0.15, -0.1) is 0 Å². The van der Waals surface area contributed by atoms with Crippen LogP contribution in [0.2, 0.25) is 15.1 Å². The number of anilines is 2. The highest BCUT2D eigenvalue weighted by Gasteiger charge is 2.34. The Hall–Kier alpha value is -2.69. The van der Waals surface area contributed by atoms with Gasteiger partial charge in [0.25, 0.3) is 0 Å². The van der Waals surface area contributed by atoms with Crippen LogP contribution in [0.5, 0.6) is 0 Å². The zero-order chi connectivity index (χ0) is 29.2. The molecule has 3 amide bonds. The van der Waals surface area contributed by atoms with Gasteiger partial charge in [0.05, 0.1) is 12.2 Å². The van der Waals surface area contributed by atoms with E-state index in [2.05, 4.69) is 15.2 Å². The molecule has 0 bridgehead atoms. The molecule has 1 aromatic carbocycles. The summed E-state index contributed by atoms with van der Waals surface area (Å²) in [6.07, 6.45) is 1.23. The summed E-state index contributed by atoms with van der Waals surface area (Å²) in [5, 5.41) is 4.84. The predicted octanol–water partition coefficient (Wildman–Crippen LogP) is 5.79. The number of ether oxygens (including phenoxy) is 1. The van der Waals surface area contributed by atoms with Crippen LogP contribution in [0.4, 0.5) is 21.4 Å². The Balaban J connectivity index is 1.34. The topological polar surface area (TPSA) is 94.1 Å². The zero-order valence-corrected chi connectivity index (χ0v) is 25.7. The number of aromatic nitrogens is 2. The molecule has 40 heavy (non-hydrogen) atoms. The molecule has 2 aliphatic heterocycles. The van der Waals surface area contributed by atoms with Crippen molar-refractivity contribution in [3.63, 3.8) is 0 Å². The van der Waals surface area contributed by atoms with Crippen molar-refractivity contribution in [2.45, 2.75) is 52.3 Å². The third-order valence-electron chi connectivity index (χ3n) is 6.87. The molecule has 2 atom stereocenters. The molecule has 1 N–H and O–H groups in total. The average Bonchev–Trinajstić information content (AvgIpc) is 2.88. The number of halogens is 3. The van der Waals surface area contributed by atoms with Gasteiger partial charge in [-0.3, -0.25) is 0 Å². The summed E-state index contributed by atoms with van der Waals surface area (Å²) in [7, 11) is 0. The van der Waals surface area contributed by atoms with Crippen LogP contribution in [0, 0.1) is 0 Å². The molecule has 0 saturated carbocycles. The number of nitrogens with zero attached hydrogens (tertiary/aromatic N) is 6. The molecule has 4 rings (SSSR count). The van der Waals surface area contributed by atoms with E-state index in [-0.39, 0.29) is 24.2 Å². The first-order chi connectivity index (χ1) is 18.8. The van der Waals surface area contributed by atoms with Gasteiger partial charge in [-0.05, 0) is 52.3 Å². The van der Waals surface area contributed by atoms with Gasteiger partial charge in [0.15, 0.2) is 5.82 Å². The van der Waals surface area contributed by atoms with Crippen LogP contribution in [0.3, 0.4) is 0 Å². The van der Waals surface area contributed by atoms with E-state index in [9.17, 15) is 9.59 Å². The van der Waals surface area contributed by atoms with Gasteiger partial charge in [0.2, 0.25) is 5.95 Å². The molecule has 0 aliphatic carbocycles. The first-order valence-electron chi connectivity index (χ1n) is 13.3. The molecule has 13 heteroatoms.